The number of primary sulfonamides is 1. The molecule has 4 aromatic rings. The summed E-state index contributed by atoms with van der Waals surface area (Å²) < 4.78 is 70.2. The second-order valence-corrected chi connectivity index (χ2v) is 12.6. The third-order valence-corrected chi connectivity index (χ3v) is 8.94. The topological polar surface area (TPSA) is 153 Å². The molecule has 1 heterocycles. The van der Waals surface area contributed by atoms with Crippen LogP contribution in [0.25, 0.3) is 22.0 Å². The van der Waals surface area contributed by atoms with E-state index in [1.54, 1.807) is 30.3 Å². The SMILES string of the molecule is CCOc1nc(NCc2ccc(S(N)(=O)=O)cc2)nc2ccc(-c3ccc(F)c(NS(=O)(=O)C4CC4)c3)cc12. The number of benzene rings is 3. The highest BCUT2D eigenvalue weighted by molar-refractivity contribution is 7.93. The van der Waals surface area contributed by atoms with Crippen LogP contribution >= 0.6 is 0 Å². The van der Waals surface area contributed by atoms with Gasteiger partial charge in [-0.2, -0.15) is 4.98 Å². The number of nitrogens with zero attached hydrogens (tertiary/aromatic N) is 2. The van der Waals surface area contributed by atoms with Crippen LogP contribution in [0.1, 0.15) is 25.3 Å². The molecule has 1 saturated carbocycles. The van der Waals surface area contributed by atoms with E-state index in [0.29, 0.717) is 59.9 Å². The number of sulfonamides is 2. The number of nitrogens with one attached hydrogen (secondary N) is 2. The molecule has 39 heavy (non-hydrogen) atoms. The molecule has 0 aliphatic heterocycles. The first-order chi connectivity index (χ1) is 18.5. The fourth-order valence-corrected chi connectivity index (χ4v) is 5.88. The van der Waals surface area contributed by atoms with Crippen LogP contribution in [0.5, 0.6) is 5.88 Å². The monoisotopic (exact) mass is 571 g/mol. The van der Waals surface area contributed by atoms with Gasteiger partial charge in [0, 0.05) is 6.54 Å². The lowest BCUT2D eigenvalue weighted by molar-refractivity contribution is 0.331. The molecule has 0 radical (unpaired) electrons. The molecule has 1 fully saturated rings. The van der Waals surface area contributed by atoms with E-state index in [1.165, 1.54) is 24.3 Å². The summed E-state index contributed by atoms with van der Waals surface area (Å²) in [4.78, 5) is 9.08. The molecule has 1 aliphatic carbocycles. The van der Waals surface area contributed by atoms with Gasteiger partial charge in [0.05, 0.1) is 33.3 Å². The predicted molar refractivity (Wildman–Crippen MR) is 147 cm³/mol. The number of anilines is 2. The fraction of sp³-hybridized carbons (Fsp3) is 0.231. The van der Waals surface area contributed by atoms with E-state index in [2.05, 4.69) is 20.0 Å². The van der Waals surface area contributed by atoms with Crippen molar-refractivity contribution in [3.05, 3.63) is 72.0 Å². The van der Waals surface area contributed by atoms with Gasteiger partial charge in [0.2, 0.25) is 31.9 Å². The fourth-order valence-electron chi connectivity index (χ4n) is 3.98. The summed E-state index contributed by atoms with van der Waals surface area (Å²) in [5.41, 5.74) is 2.61. The Morgan fingerprint density at radius 2 is 1.67 bits per heavy atom. The van der Waals surface area contributed by atoms with Gasteiger partial charge in [-0.15, -0.1) is 0 Å². The predicted octanol–water partition coefficient (Wildman–Crippen LogP) is 4.00. The molecule has 204 valence electrons. The van der Waals surface area contributed by atoms with Crippen LogP contribution in [0.15, 0.2) is 65.6 Å². The number of hydrogen-bond acceptors (Lipinski definition) is 8. The van der Waals surface area contributed by atoms with E-state index in [4.69, 9.17) is 9.88 Å². The van der Waals surface area contributed by atoms with Gasteiger partial charge in [-0.1, -0.05) is 24.3 Å². The standard InChI is InChI=1S/C26H26FN5O5S2/c1-2-37-25-21-13-17(18-5-11-22(27)24(14-18)32-39(35,36)20-9-10-20)6-12-23(21)30-26(31-25)29-15-16-3-7-19(8-4-16)38(28,33)34/h3-8,11-14,20,32H,2,9-10,15H2,1H3,(H2,28,33,34)(H,29,30,31). The lowest BCUT2D eigenvalue weighted by Crippen LogP contribution is -2.18. The van der Waals surface area contributed by atoms with Crippen LogP contribution in [0.3, 0.4) is 0 Å². The van der Waals surface area contributed by atoms with Crippen LogP contribution < -0.4 is 19.9 Å². The molecule has 1 aliphatic rings. The van der Waals surface area contributed by atoms with Gasteiger partial charge in [0.1, 0.15) is 5.82 Å². The molecule has 13 heteroatoms. The first-order valence-electron chi connectivity index (χ1n) is 12.2. The average Bonchev–Trinajstić information content (AvgIpc) is 3.75. The van der Waals surface area contributed by atoms with Crippen molar-refractivity contribution in [1.29, 1.82) is 0 Å². The Morgan fingerprint density at radius 1 is 0.974 bits per heavy atom. The zero-order valence-electron chi connectivity index (χ0n) is 20.9. The summed E-state index contributed by atoms with van der Waals surface area (Å²) in [5.74, 6) is -0.00178. The molecule has 0 atom stereocenters. The summed E-state index contributed by atoms with van der Waals surface area (Å²) in [6.45, 7) is 2.51. The van der Waals surface area contributed by atoms with Crippen LogP contribution in [0.4, 0.5) is 16.0 Å². The Morgan fingerprint density at radius 3 is 2.33 bits per heavy atom. The number of fused-ring (bicyclic) bond motifs is 1. The second-order valence-electron chi connectivity index (χ2n) is 9.10. The zero-order valence-corrected chi connectivity index (χ0v) is 22.5. The summed E-state index contributed by atoms with van der Waals surface area (Å²) >= 11 is 0. The average molecular weight is 572 g/mol. The first-order valence-corrected chi connectivity index (χ1v) is 15.2. The van der Waals surface area contributed by atoms with E-state index in [9.17, 15) is 21.2 Å². The van der Waals surface area contributed by atoms with E-state index in [1.807, 2.05) is 13.0 Å². The van der Waals surface area contributed by atoms with Crippen LogP contribution in [-0.4, -0.2) is 38.7 Å². The van der Waals surface area contributed by atoms with Crippen LogP contribution in [-0.2, 0) is 26.6 Å². The molecular formula is C26H26FN5O5S2. The molecule has 0 saturated heterocycles. The molecule has 10 nitrogen and oxygen atoms in total. The van der Waals surface area contributed by atoms with Crippen molar-refractivity contribution < 1.29 is 26.0 Å². The third kappa shape index (κ3) is 6.10. The van der Waals surface area contributed by atoms with E-state index < -0.39 is 31.1 Å². The molecule has 4 N–H and O–H groups in total. The maximum absolute atomic E-state index is 14.4. The van der Waals surface area contributed by atoms with Crippen LogP contribution in [0.2, 0.25) is 0 Å². The van der Waals surface area contributed by atoms with E-state index in [-0.39, 0.29) is 10.6 Å². The Kier molecular flexibility index (Phi) is 7.14. The van der Waals surface area contributed by atoms with Gasteiger partial charge in [-0.3, -0.25) is 4.72 Å². The number of ether oxygens (including phenoxy) is 1. The second kappa shape index (κ2) is 10.4. The highest BCUT2D eigenvalue weighted by Gasteiger charge is 2.36. The Labute approximate surface area is 225 Å². The minimum atomic E-state index is -3.77. The number of rotatable bonds is 10. The summed E-state index contributed by atoms with van der Waals surface area (Å²) in [6.07, 6.45) is 1.15. The van der Waals surface area contributed by atoms with Crippen molar-refractivity contribution in [3.8, 4) is 17.0 Å². The van der Waals surface area contributed by atoms with Crippen LogP contribution in [0, 0.1) is 5.82 Å². The molecule has 0 unspecified atom stereocenters. The van der Waals surface area contributed by atoms with Crippen molar-refractivity contribution in [2.75, 3.05) is 16.6 Å². The van der Waals surface area contributed by atoms with Gasteiger partial charge < -0.3 is 10.1 Å². The number of hydrogen-bond donors (Lipinski definition) is 3. The smallest absolute Gasteiger partial charge is 0.238 e. The summed E-state index contributed by atoms with van der Waals surface area (Å²) in [5, 5.41) is 8.41. The summed E-state index contributed by atoms with van der Waals surface area (Å²) in [6, 6.07) is 15.8. The molecule has 1 aromatic heterocycles. The minimum Gasteiger partial charge on any atom is -0.477 e. The first kappa shape index (κ1) is 26.8. The highest BCUT2D eigenvalue weighted by Crippen LogP contribution is 2.34. The molecule has 5 rings (SSSR count). The quantitative estimate of drug-likeness (QED) is 0.258. The zero-order chi connectivity index (χ0) is 27.8. The van der Waals surface area contributed by atoms with Crippen molar-refractivity contribution in [3.63, 3.8) is 0 Å². The number of halogens is 1. The largest absolute Gasteiger partial charge is 0.477 e. The van der Waals surface area contributed by atoms with Gasteiger partial charge >= 0.3 is 0 Å². The highest BCUT2D eigenvalue weighted by atomic mass is 32.2. The van der Waals surface area contributed by atoms with Gasteiger partial charge in [-0.25, -0.2) is 31.3 Å². The molecular weight excluding hydrogens is 545 g/mol. The maximum atomic E-state index is 14.4. The molecule has 0 bridgehead atoms. The van der Waals surface area contributed by atoms with Crippen molar-refractivity contribution in [2.45, 2.75) is 36.5 Å². The van der Waals surface area contributed by atoms with E-state index in [0.717, 1.165) is 5.56 Å². The Hall–Kier alpha value is -3.81. The lowest BCUT2D eigenvalue weighted by atomic mass is 10.0. The maximum Gasteiger partial charge on any atom is 0.238 e. The third-order valence-electron chi connectivity index (χ3n) is 6.16. The van der Waals surface area contributed by atoms with Gasteiger partial charge in [-0.05, 0) is 72.9 Å². The lowest BCUT2D eigenvalue weighted by Gasteiger charge is -2.13. The van der Waals surface area contributed by atoms with Crippen molar-refractivity contribution in [1.82, 2.24) is 9.97 Å². The van der Waals surface area contributed by atoms with Crippen molar-refractivity contribution in [2.24, 2.45) is 5.14 Å². The van der Waals surface area contributed by atoms with Gasteiger partial charge in [0.15, 0.2) is 0 Å². The van der Waals surface area contributed by atoms with Gasteiger partial charge in [0.25, 0.3) is 0 Å². The number of nitrogens with two attached hydrogens (primary N) is 1. The molecule has 3 aromatic carbocycles. The Bertz CT molecular complexity index is 1760. The van der Waals surface area contributed by atoms with Crippen molar-refractivity contribution >= 4 is 42.6 Å². The number of aromatic nitrogens is 2. The summed E-state index contributed by atoms with van der Waals surface area (Å²) in [7, 11) is -7.39. The normalized spacial score (nSPS) is 13.8. The molecule has 0 spiro atoms. The minimum absolute atomic E-state index is 0.0243. The van der Waals surface area contributed by atoms with E-state index >= 15 is 0 Å². The Balaban J connectivity index is 1.42. The molecule has 0 amide bonds.